The fourth-order valence-corrected chi connectivity index (χ4v) is 3.00. The van der Waals surface area contributed by atoms with Crippen LogP contribution in [-0.4, -0.2) is 37.6 Å². The molecule has 1 saturated carbocycles. The second-order valence-corrected chi connectivity index (χ2v) is 6.73. The zero-order valence-electron chi connectivity index (χ0n) is 15.6. The monoisotopic (exact) mass is 354 g/mol. The number of aryl methyl sites for hydroxylation is 1. The molecule has 1 N–H and O–H groups in total. The van der Waals surface area contributed by atoms with Crippen molar-refractivity contribution in [2.75, 3.05) is 26.1 Å². The standard InChI is InChI=1S/C21H26N2O3/c1-15-4-6-17(7-5-15)22-21(24)14-23(18-8-9-18)13-16-12-19(25-2)10-11-20(16)26-3/h4-7,10-12,18H,8-9,13-14H2,1-3H3,(H,22,24). The van der Waals surface area contributed by atoms with E-state index in [-0.39, 0.29) is 5.91 Å². The van der Waals surface area contributed by atoms with E-state index >= 15 is 0 Å². The van der Waals surface area contributed by atoms with E-state index < -0.39 is 0 Å². The molecule has 0 bridgehead atoms. The Morgan fingerprint density at radius 3 is 2.46 bits per heavy atom. The molecule has 3 rings (SSSR count). The van der Waals surface area contributed by atoms with Crippen LogP contribution in [0.1, 0.15) is 24.0 Å². The fraction of sp³-hybridized carbons (Fsp3) is 0.381. The first-order chi connectivity index (χ1) is 12.6. The number of benzene rings is 2. The molecule has 0 unspecified atom stereocenters. The summed E-state index contributed by atoms with van der Waals surface area (Å²) < 4.78 is 10.8. The molecule has 138 valence electrons. The van der Waals surface area contributed by atoms with Gasteiger partial charge in [0.1, 0.15) is 11.5 Å². The second kappa shape index (κ2) is 8.23. The summed E-state index contributed by atoms with van der Waals surface area (Å²) in [6.45, 7) is 3.05. The van der Waals surface area contributed by atoms with Gasteiger partial charge in [0.25, 0.3) is 0 Å². The largest absolute Gasteiger partial charge is 0.497 e. The highest BCUT2D eigenvalue weighted by atomic mass is 16.5. The Kier molecular flexibility index (Phi) is 5.78. The van der Waals surface area contributed by atoms with Gasteiger partial charge < -0.3 is 14.8 Å². The van der Waals surface area contributed by atoms with Gasteiger partial charge in [0.2, 0.25) is 5.91 Å². The van der Waals surface area contributed by atoms with Gasteiger partial charge in [-0.15, -0.1) is 0 Å². The molecule has 0 spiro atoms. The second-order valence-electron chi connectivity index (χ2n) is 6.73. The summed E-state index contributed by atoms with van der Waals surface area (Å²) >= 11 is 0. The molecule has 1 fully saturated rings. The van der Waals surface area contributed by atoms with Gasteiger partial charge in [-0.3, -0.25) is 9.69 Å². The third-order valence-corrected chi connectivity index (χ3v) is 4.61. The van der Waals surface area contributed by atoms with Gasteiger partial charge in [-0.25, -0.2) is 0 Å². The van der Waals surface area contributed by atoms with E-state index in [9.17, 15) is 4.79 Å². The first-order valence-electron chi connectivity index (χ1n) is 8.90. The summed E-state index contributed by atoms with van der Waals surface area (Å²) in [5.74, 6) is 1.61. The maximum Gasteiger partial charge on any atom is 0.238 e. The zero-order valence-corrected chi connectivity index (χ0v) is 15.6. The van der Waals surface area contributed by atoms with Gasteiger partial charge >= 0.3 is 0 Å². The van der Waals surface area contributed by atoms with Crippen LogP contribution >= 0.6 is 0 Å². The summed E-state index contributed by atoms with van der Waals surface area (Å²) in [5, 5.41) is 2.98. The van der Waals surface area contributed by atoms with E-state index in [0.29, 0.717) is 19.1 Å². The van der Waals surface area contributed by atoms with Crippen molar-refractivity contribution in [2.45, 2.75) is 32.4 Å². The number of rotatable bonds is 8. The zero-order chi connectivity index (χ0) is 18.5. The van der Waals surface area contributed by atoms with E-state index in [0.717, 1.165) is 35.6 Å². The molecule has 26 heavy (non-hydrogen) atoms. The lowest BCUT2D eigenvalue weighted by molar-refractivity contribution is -0.117. The Balaban J connectivity index is 1.68. The van der Waals surface area contributed by atoms with Crippen molar-refractivity contribution >= 4 is 11.6 Å². The third-order valence-electron chi connectivity index (χ3n) is 4.61. The minimum Gasteiger partial charge on any atom is -0.497 e. The van der Waals surface area contributed by atoms with Crippen LogP contribution in [0.5, 0.6) is 11.5 Å². The van der Waals surface area contributed by atoms with Crippen molar-refractivity contribution < 1.29 is 14.3 Å². The molecular formula is C21H26N2O3. The predicted octanol–water partition coefficient (Wildman–Crippen LogP) is 3.62. The molecule has 0 saturated heterocycles. The normalized spacial score (nSPS) is 13.5. The molecule has 0 heterocycles. The van der Waals surface area contributed by atoms with Gasteiger partial charge in [-0.05, 0) is 50.1 Å². The van der Waals surface area contributed by atoms with E-state index in [2.05, 4.69) is 10.2 Å². The van der Waals surface area contributed by atoms with Gasteiger partial charge in [0, 0.05) is 23.8 Å². The van der Waals surface area contributed by atoms with Crippen molar-refractivity contribution in [2.24, 2.45) is 0 Å². The van der Waals surface area contributed by atoms with Crippen LogP contribution in [0.25, 0.3) is 0 Å². The number of carbonyl (C=O) groups excluding carboxylic acids is 1. The van der Waals surface area contributed by atoms with Crippen molar-refractivity contribution in [3.63, 3.8) is 0 Å². The number of hydrogen-bond donors (Lipinski definition) is 1. The van der Waals surface area contributed by atoms with Crippen molar-refractivity contribution in [1.29, 1.82) is 0 Å². The maximum absolute atomic E-state index is 12.5. The molecule has 5 nitrogen and oxygen atoms in total. The van der Waals surface area contributed by atoms with Crippen molar-refractivity contribution in [3.8, 4) is 11.5 Å². The summed E-state index contributed by atoms with van der Waals surface area (Å²) in [6, 6.07) is 14.1. The van der Waals surface area contributed by atoms with Crippen LogP contribution < -0.4 is 14.8 Å². The van der Waals surface area contributed by atoms with Crippen LogP contribution in [0.3, 0.4) is 0 Å². The van der Waals surface area contributed by atoms with Crippen LogP contribution in [0, 0.1) is 6.92 Å². The molecule has 0 radical (unpaired) electrons. The Labute approximate surface area is 154 Å². The highest BCUT2D eigenvalue weighted by molar-refractivity contribution is 5.92. The van der Waals surface area contributed by atoms with Crippen LogP contribution in [0.2, 0.25) is 0 Å². The summed E-state index contributed by atoms with van der Waals surface area (Å²) in [7, 11) is 3.32. The number of methoxy groups -OCH3 is 2. The lowest BCUT2D eigenvalue weighted by Gasteiger charge is -2.23. The molecule has 2 aromatic carbocycles. The number of anilines is 1. The molecule has 1 aliphatic carbocycles. The number of nitrogens with zero attached hydrogens (tertiary/aromatic N) is 1. The lowest BCUT2D eigenvalue weighted by Crippen LogP contribution is -2.34. The van der Waals surface area contributed by atoms with Crippen molar-refractivity contribution in [3.05, 3.63) is 53.6 Å². The van der Waals surface area contributed by atoms with E-state index in [1.807, 2.05) is 49.4 Å². The summed E-state index contributed by atoms with van der Waals surface area (Å²) in [4.78, 5) is 14.7. The van der Waals surface area contributed by atoms with E-state index in [1.165, 1.54) is 5.56 Å². The Hall–Kier alpha value is -2.53. The highest BCUT2D eigenvalue weighted by Crippen LogP contribution is 2.31. The van der Waals surface area contributed by atoms with Crippen LogP contribution in [-0.2, 0) is 11.3 Å². The first-order valence-corrected chi connectivity index (χ1v) is 8.90. The predicted molar refractivity (Wildman–Crippen MR) is 103 cm³/mol. The molecule has 0 aliphatic heterocycles. The Morgan fingerprint density at radius 2 is 1.85 bits per heavy atom. The number of hydrogen-bond acceptors (Lipinski definition) is 4. The molecule has 1 amide bonds. The molecule has 0 atom stereocenters. The van der Waals surface area contributed by atoms with Gasteiger partial charge in [0.05, 0.1) is 20.8 Å². The van der Waals surface area contributed by atoms with Gasteiger partial charge in [-0.2, -0.15) is 0 Å². The SMILES string of the molecule is COc1ccc(OC)c(CN(CC(=O)Nc2ccc(C)cc2)C2CC2)c1. The van der Waals surface area contributed by atoms with Gasteiger partial charge in [-0.1, -0.05) is 17.7 Å². The molecule has 1 aliphatic rings. The first kappa shape index (κ1) is 18.3. The molecule has 0 aromatic heterocycles. The van der Waals surface area contributed by atoms with Crippen LogP contribution in [0.4, 0.5) is 5.69 Å². The Morgan fingerprint density at radius 1 is 1.12 bits per heavy atom. The lowest BCUT2D eigenvalue weighted by atomic mass is 10.1. The van der Waals surface area contributed by atoms with Crippen molar-refractivity contribution in [1.82, 2.24) is 4.90 Å². The number of nitrogens with one attached hydrogen (secondary N) is 1. The number of carbonyl (C=O) groups is 1. The average Bonchev–Trinajstić information content (AvgIpc) is 3.48. The molecule has 2 aromatic rings. The topological polar surface area (TPSA) is 50.8 Å². The number of amides is 1. The smallest absolute Gasteiger partial charge is 0.238 e. The number of ether oxygens (including phenoxy) is 2. The average molecular weight is 354 g/mol. The van der Waals surface area contributed by atoms with Gasteiger partial charge in [0.15, 0.2) is 0 Å². The van der Waals surface area contributed by atoms with E-state index in [1.54, 1.807) is 14.2 Å². The Bertz CT molecular complexity index is 754. The molecular weight excluding hydrogens is 328 g/mol. The van der Waals surface area contributed by atoms with E-state index in [4.69, 9.17) is 9.47 Å². The third kappa shape index (κ3) is 4.76. The highest BCUT2D eigenvalue weighted by Gasteiger charge is 2.31. The quantitative estimate of drug-likeness (QED) is 0.787. The molecule has 5 heteroatoms. The summed E-state index contributed by atoms with van der Waals surface area (Å²) in [6.07, 6.45) is 2.26. The maximum atomic E-state index is 12.5. The summed E-state index contributed by atoms with van der Waals surface area (Å²) in [5.41, 5.74) is 3.03. The fourth-order valence-electron chi connectivity index (χ4n) is 3.00. The minimum atomic E-state index is 0.00242. The van der Waals surface area contributed by atoms with Crippen LogP contribution in [0.15, 0.2) is 42.5 Å². The minimum absolute atomic E-state index is 0.00242.